The lowest BCUT2D eigenvalue weighted by atomic mass is 10.1. The average Bonchev–Trinajstić information content (AvgIpc) is 2.81. The van der Waals surface area contributed by atoms with E-state index in [9.17, 15) is 9.18 Å². The number of Topliss-reactive ketones (excluding diaryl/α,β-unsaturated/α-hetero) is 1. The van der Waals surface area contributed by atoms with E-state index in [2.05, 4.69) is 9.97 Å². The van der Waals surface area contributed by atoms with E-state index < -0.39 is 5.82 Å². The highest BCUT2D eigenvalue weighted by molar-refractivity contribution is 6.05. The fourth-order valence-electron chi connectivity index (χ4n) is 2.86. The van der Waals surface area contributed by atoms with Gasteiger partial charge in [-0.25, -0.2) is 14.4 Å². The van der Waals surface area contributed by atoms with E-state index in [0.29, 0.717) is 17.5 Å². The van der Waals surface area contributed by atoms with Gasteiger partial charge in [-0.3, -0.25) is 4.79 Å². The molecule has 0 spiro atoms. The highest BCUT2D eigenvalue weighted by atomic mass is 19.1. The first-order chi connectivity index (χ1) is 10.1. The molecule has 4 heteroatoms. The standard InChI is InChI=1S/C17H11FN2O/c1-9(21)13-7-11(18)8-15-17(13)20-16-12-5-3-2-4-10(12)6-14(16)19-15/h2-5,7-8H,6H2,1H3. The molecule has 0 atom stereocenters. The lowest BCUT2D eigenvalue weighted by Gasteiger charge is -2.06. The number of aromatic nitrogens is 2. The van der Waals surface area contributed by atoms with Gasteiger partial charge in [0.15, 0.2) is 5.78 Å². The second kappa shape index (κ2) is 4.19. The van der Waals surface area contributed by atoms with Crippen molar-refractivity contribution in [3.63, 3.8) is 0 Å². The van der Waals surface area contributed by atoms with Gasteiger partial charge >= 0.3 is 0 Å². The van der Waals surface area contributed by atoms with E-state index in [-0.39, 0.29) is 11.3 Å². The molecule has 1 heterocycles. The van der Waals surface area contributed by atoms with Crippen LogP contribution in [0.1, 0.15) is 28.5 Å². The predicted molar refractivity (Wildman–Crippen MR) is 77.7 cm³/mol. The normalized spacial score (nSPS) is 12.3. The molecule has 0 fully saturated rings. The van der Waals surface area contributed by atoms with Crippen molar-refractivity contribution in [2.24, 2.45) is 0 Å². The number of benzene rings is 2. The third-order valence-corrected chi connectivity index (χ3v) is 3.82. The number of rotatable bonds is 1. The molecule has 0 bridgehead atoms. The fraction of sp³-hybridized carbons (Fsp3) is 0.118. The summed E-state index contributed by atoms with van der Waals surface area (Å²) in [6.07, 6.45) is 0.695. The molecular weight excluding hydrogens is 267 g/mol. The SMILES string of the molecule is CC(=O)c1cc(F)cc2nc3c(nc12)-c1ccccc1C3. The Labute approximate surface area is 120 Å². The third-order valence-electron chi connectivity index (χ3n) is 3.82. The minimum absolute atomic E-state index is 0.208. The van der Waals surface area contributed by atoms with E-state index >= 15 is 0 Å². The minimum Gasteiger partial charge on any atom is -0.294 e. The summed E-state index contributed by atoms with van der Waals surface area (Å²) in [5.74, 6) is -0.669. The van der Waals surface area contributed by atoms with Crippen LogP contribution in [0.3, 0.4) is 0 Å². The zero-order valence-corrected chi connectivity index (χ0v) is 11.4. The largest absolute Gasteiger partial charge is 0.294 e. The molecule has 0 N–H and O–H groups in total. The Hall–Kier alpha value is -2.62. The molecule has 3 aromatic rings. The molecule has 0 aliphatic heterocycles. The Balaban J connectivity index is 2.07. The van der Waals surface area contributed by atoms with E-state index in [1.807, 2.05) is 24.3 Å². The maximum Gasteiger partial charge on any atom is 0.162 e. The topological polar surface area (TPSA) is 42.9 Å². The van der Waals surface area contributed by atoms with Crippen molar-refractivity contribution >= 4 is 16.8 Å². The van der Waals surface area contributed by atoms with Crippen LogP contribution in [0.2, 0.25) is 0 Å². The van der Waals surface area contributed by atoms with E-state index in [0.717, 1.165) is 22.5 Å². The number of fused-ring (bicyclic) bond motifs is 4. The number of hydrogen-bond donors (Lipinski definition) is 0. The molecule has 0 radical (unpaired) electrons. The van der Waals surface area contributed by atoms with Gasteiger partial charge in [-0.15, -0.1) is 0 Å². The van der Waals surface area contributed by atoms with Gasteiger partial charge in [0.2, 0.25) is 0 Å². The molecule has 0 saturated heterocycles. The quantitative estimate of drug-likeness (QED) is 0.500. The van der Waals surface area contributed by atoms with Gasteiger partial charge in [0.1, 0.15) is 11.3 Å². The number of halogens is 1. The first-order valence-electron chi connectivity index (χ1n) is 6.73. The van der Waals surface area contributed by atoms with Gasteiger partial charge in [-0.05, 0) is 18.6 Å². The maximum absolute atomic E-state index is 13.7. The molecule has 0 amide bonds. The number of nitrogens with zero attached hydrogens (tertiary/aromatic N) is 2. The molecule has 2 aromatic carbocycles. The van der Waals surface area contributed by atoms with Gasteiger partial charge in [0, 0.05) is 23.6 Å². The van der Waals surface area contributed by atoms with Crippen molar-refractivity contribution < 1.29 is 9.18 Å². The predicted octanol–water partition coefficient (Wildman–Crippen LogP) is 3.54. The first kappa shape index (κ1) is 12.1. The lowest BCUT2D eigenvalue weighted by molar-refractivity contribution is 0.101. The van der Waals surface area contributed by atoms with Crippen molar-refractivity contribution in [3.05, 3.63) is 59.0 Å². The molecule has 0 saturated carbocycles. The third kappa shape index (κ3) is 1.76. The van der Waals surface area contributed by atoms with Crippen LogP contribution in [0, 0.1) is 5.82 Å². The summed E-state index contributed by atoms with van der Waals surface area (Å²) < 4.78 is 13.7. The zero-order valence-electron chi connectivity index (χ0n) is 11.4. The molecule has 1 aliphatic rings. The molecule has 0 unspecified atom stereocenters. The summed E-state index contributed by atoms with van der Waals surface area (Å²) in [5, 5.41) is 0. The van der Waals surface area contributed by atoms with Gasteiger partial charge in [0.05, 0.1) is 16.9 Å². The van der Waals surface area contributed by atoms with Gasteiger partial charge in [-0.2, -0.15) is 0 Å². The highest BCUT2D eigenvalue weighted by Crippen LogP contribution is 2.35. The first-order valence-corrected chi connectivity index (χ1v) is 6.73. The van der Waals surface area contributed by atoms with Crippen LogP contribution < -0.4 is 0 Å². The van der Waals surface area contributed by atoms with Gasteiger partial charge < -0.3 is 0 Å². The van der Waals surface area contributed by atoms with Crippen molar-refractivity contribution in [3.8, 4) is 11.3 Å². The Morgan fingerprint density at radius 1 is 1.19 bits per heavy atom. The average molecular weight is 278 g/mol. The maximum atomic E-state index is 13.7. The second-order valence-electron chi connectivity index (χ2n) is 5.23. The van der Waals surface area contributed by atoms with Crippen molar-refractivity contribution in [2.45, 2.75) is 13.3 Å². The van der Waals surface area contributed by atoms with Crippen molar-refractivity contribution in [2.75, 3.05) is 0 Å². The zero-order chi connectivity index (χ0) is 14.6. The van der Waals surface area contributed by atoms with Crippen LogP contribution in [0.15, 0.2) is 36.4 Å². The molecule has 1 aromatic heterocycles. The van der Waals surface area contributed by atoms with Crippen LogP contribution in [0.4, 0.5) is 4.39 Å². The van der Waals surface area contributed by atoms with Crippen LogP contribution in [0.5, 0.6) is 0 Å². The van der Waals surface area contributed by atoms with Crippen LogP contribution in [-0.4, -0.2) is 15.8 Å². The van der Waals surface area contributed by atoms with Crippen molar-refractivity contribution in [1.29, 1.82) is 0 Å². The summed E-state index contributed by atoms with van der Waals surface area (Å²) in [4.78, 5) is 20.9. The fourth-order valence-corrected chi connectivity index (χ4v) is 2.86. The molecule has 3 nitrogen and oxygen atoms in total. The molecule has 1 aliphatic carbocycles. The summed E-state index contributed by atoms with van der Waals surface area (Å²) >= 11 is 0. The van der Waals surface area contributed by atoms with Gasteiger partial charge in [-0.1, -0.05) is 24.3 Å². The number of carbonyl (C=O) groups is 1. The monoisotopic (exact) mass is 278 g/mol. The van der Waals surface area contributed by atoms with E-state index in [1.54, 1.807) is 0 Å². The number of ketones is 1. The Bertz CT molecular complexity index is 918. The molecule has 102 valence electrons. The summed E-state index contributed by atoms with van der Waals surface area (Å²) in [6, 6.07) is 10.5. The Morgan fingerprint density at radius 3 is 2.81 bits per heavy atom. The van der Waals surface area contributed by atoms with E-state index in [1.165, 1.54) is 19.1 Å². The second-order valence-corrected chi connectivity index (χ2v) is 5.23. The Morgan fingerprint density at radius 2 is 2.00 bits per heavy atom. The summed E-state index contributed by atoms with van der Waals surface area (Å²) in [5.41, 5.74) is 5.03. The highest BCUT2D eigenvalue weighted by Gasteiger charge is 2.23. The van der Waals surface area contributed by atoms with E-state index in [4.69, 9.17) is 0 Å². The minimum atomic E-state index is -0.461. The lowest BCUT2D eigenvalue weighted by Crippen LogP contribution is -2.01. The summed E-state index contributed by atoms with van der Waals surface area (Å²) in [6.45, 7) is 1.41. The Kier molecular flexibility index (Phi) is 2.42. The molecular formula is C17H11FN2O. The molecule has 21 heavy (non-hydrogen) atoms. The van der Waals surface area contributed by atoms with Crippen LogP contribution in [0.25, 0.3) is 22.3 Å². The van der Waals surface area contributed by atoms with Crippen LogP contribution in [-0.2, 0) is 6.42 Å². The molecule has 4 rings (SSSR count). The van der Waals surface area contributed by atoms with Gasteiger partial charge in [0.25, 0.3) is 0 Å². The smallest absolute Gasteiger partial charge is 0.162 e. The van der Waals surface area contributed by atoms with Crippen molar-refractivity contribution in [1.82, 2.24) is 9.97 Å². The summed E-state index contributed by atoms with van der Waals surface area (Å²) in [7, 11) is 0. The number of carbonyl (C=O) groups excluding carboxylic acids is 1. The van der Waals surface area contributed by atoms with Crippen LogP contribution >= 0.6 is 0 Å². The number of hydrogen-bond acceptors (Lipinski definition) is 3.